The van der Waals surface area contributed by atoms with E-state index in [0.29, 0.717) is 12.2 Å². The van der Waals surface area contributed by atoms with Crippen molar-refractivity contribution in [1.29, 1.82) is 0 Å². The van der Waals surface area contributed by atoms with Gasteiger partial charge in [-0.1, -0.05) is 55.3 Å². The molecular weight excluding hydrogens is 336 g/mol. The van der Waals surface area contributed by atoms with E-state index < -0.39 is 5.91 Å². The van der Waals surface area contributed by atoms with E-state index in [1.807, 2.05) is 48.5 Å². The predicted octanol–water partition coefficient (Wildman–Crippen LogP) is 1.68. The Morgan fingerprint density at radius 2 is 1.84 bits per heavy atom. The molecule has 0 aliphatic heterocycles. The average molecular weight is 354 g/mol. The van der Waals surface area contributed by atoms with Crippen molar-refractivity contribution < 1.29 is 9.59 Å². The Morgan fingerprint density at radius 1 is 1.12 bits per heavy atom. The predicted molar refractivity (Wildman–Crippen MR) is 101 cm³/mol. The lowest BCUT2D eigenvalue weighted by molar-refractivity contribution is -0.119. The first-order valence-corrected chi connectivity index (χ1v) is 8.11. The van der Waals surface area contributed by atoms with Crippen LogP contribution >= 0.6 is 12.8 Å². The highest BCUT2D eigenvalue weighted by molar-refractivity contribution is 7.78. The van der Waals surface area contributed by atoms with Gasteiger partial charge in [0.2, 0.25) is 5.91 Å². The highest BCUT2D eigenvalue weighted by atomic mass is 32.1. The highest BCUT2D eigenvalue weighted by Crippen LogP contribution is 2.35. The molecule has 0 saturated carbocycles. The third kappa shape index (κ3) is 3.24. The minimum Gasteiger partial charge on any atom is -0.364 e. The first-order valence-electron chi connectivity index (χ1n) is 7.71. The van der Waals surface area contributed by atoms with E-state index in [4.69, 9.17) is 11.5 Å². The van der Waals surface area contributed by atoms with Gasteiger partial charge in [0.25, 0.3) is 5.91 Å². The Bertz CT molecular complexity index is 951. The van der Waals surface area contributed by atoms with E-state index in [-0.39, 0.29) is 12.5 Å². The Labute approximate surface area is 150 Å². The van der Waals surface area contributed by atoms with Gasteiger partial charge in [0.05, 0.1) is 12.1 Å². The molecule has 0 bridgehead atoms. The van der Waals surface area contributed by atoms with Crippen LogP contribution in [0.4, 0.5) is 0 Å². The second kappa shape index (κ2) is 7.00. The second-order valence-corrected chi connectivity index (χ2v) is 6.00. The van der Waals surface area contributed by atoms with Crippen LogP contribution in [0.5, 0.6) is 0 Å². The highest BCUT2D eigenvalue weighted by Gasteiger charge is 2.21. The number of primary amides is 1. The lowest BCUT2D eigenvalue weighted by Crippen LogP contribution is -2.29. The molecule has 0 aliphatic rings. The minimum atomic E-state index is -0.553. The smallest absolute Gasteiger partial charge is 0.266 e. The molecule has 6 nitrogen and oxygen atoms in total. The van der Waals surface area contributed by atoms with Gasteiger partial charge in [-0.2, -0.15) is 0 Å². The topological polar surface area (TPSA) is 103 Å². The zero-order valence-corrected chi connectivity index (χ0v) is 14.3. The fourth-order valence-corrected chi connectivity index (χ4v) is 3.19. The molecule has 5 N–H and O–H groups in total. The summed E-state index contributed by atoms with van der Waals surface area (Å²) in [6.07, 6.45) is 0. The maximum absolute atomic E-state index is 12.0. The average Bonchev–Trinajstić information content (AvgIpc) is 2.93. The summed E-state index contributed by atoms with van der Waals surface area (Å²) >= 11 is 4.46. The first-order chi connectivity index (χ1) is 12.0. The van der Waals surface area contributed by atoms with Crippen LogP contribution in [0.3, 0.4) is 0 Å². The zero-order valence-electron chi connectivity index (χ0n) is 13.4. The van der Waals surface area contributed by atoms with Crippen LogP contribution < -0.4 is 16.8 Å². The van der Waals surface area contributed by atoms with E-state index in [1.54, 1.807) is 0 Å². The Balaban J connectivity index is 2.14. The summed E-state index contributed by atoms with van der Waals surface area (Å²) in [4.78, 5) is 23.3. The quantitative estimate of drug-likeness (QED) is 0.524. The summed E-state index contributed by atoms with van der Waals surface area (Å²) in [5, 5.41) is 3.58. The van der Waals surface area contributed by atoms with Crippen molar-refractivity contribution in [3.63, 3.8) is 0 Å². The van der Waals surface area contributed by atoms with Crippen LogP contribution in [0.2, 0.25) is 0 Å². The van der Waals surface area contributed by atoms with Gasteiger partial charge >= 0.3 is 0 Å². The van der Waals surface area contributed by atoms with Crippen molar-refractivity contribution in [2.24, 2.45) is 11.5 Å². The third-order valence-corrected chi connectivity index (χ3v) is 4.39. The van der Waals surface area contributed by atoms with Gasteiger partial charge in [-0.15, -0.1) is 0 Å². The van der Waals surface area contributed by atoms with E-state index >= 15 is 0 Å². The molecule has 2 aromatic carbocycles. The molecule has 0 aliphatic carbocycles. The van der Waals surface area contributed by atoms with Crippen LogP contribution in [0.1, 0.15) is 16.1 Å². The summed E-state index contributed by atoms with van der Waals surface area (Å²) in [5.74, 6) is -0.785. The molecule has 0 unspecified atom stereocenters. The van der Waals surface area contributed by atoms with Crippen molar-refractivity contribution in [2.45, 2.75) is 6.54 Å². The SMILES string of the molecule is NCC(=O)NCc1ccc2c(-c3ccccc3)c(C(N)=O)n(S)c2c1. The van der Waals surface area contributed by atoms with Crippen molar-refractivity contribution in [3.8, 4) is 11.1 Å². The van der Waals surface area contributed by atoms with Gasteiger partial charge in [0.1, 0.15) is 5.69 Å². The van der Waals surface area contributed by atoms with Gasteiger partial charge in [0.15, 0.2) is 0 Å². The normalized spacial score (nSPS) is 10.8. The maximum Gasteiger partial charge on any atom is 0.266 e. The number of carbonyl (C=O) groups excluding carboxylic acids is 2. The zero-order chi connectivity index (χ0) is 18.0. The molecule has 0 saturated heterocycles. The Morgan fingerprint density at radius 3 is 2.48 bits per heavy atom. The number of thiol groups is 1. The number of nitrogens with zero attached hydrogens (tertiary/aromatic N) is 1. The first kappa shape index (κ1) is 17.1. The number of carbonyl (C=O) groups is 2. The number of nitrogens with one attached hydrogen (secondary N) is 1. The number of fused-ring (bicyclic) bond motifs is 1. The molecule has 128 valence electrons. The van der Waals surface area contributed by atoms with Gasteiger partial charge in [-0.3, -0.25) is 13.6 Å². The number of hydrogen-bond donors (Lipinski definition) is 4. The van der Waals surface area contributed by atoms with Crippen LogP contribution in [-0.4, -0.2) is 22.3 Å². The van der Waals surface area contributed by atoms with Gasteiger partial charge in [-0.25, -0.2) is 0 Å². The summed E-state index contributed by atoms with van der Waals surface area (Å²) in [6.45, 7) is 0.284. The van der Waals surface area contributed by atoms with E-state index in [2.05, 4.69) is 18.1 Å². The molecule has 25 heavy (non-hydrogen) atoms. The lowest BCUT2D eigenvalue weighted by Gasteiger charge is -2.05. The summed E-state index contributed by atoms with van der Waals surface area (Å²) in [7, 11) is 0. The molecular formula is C18H18N4O2S. The summed E-state index contributed by atoms with van der Waals surface area (Å²) < 4.78 is 1.49. The van der Waals surface area contributed by atoms with Gasteiger partial charge < -0.3 is 16.8 Å². The Kier molecular flexibility index (Phi) is 4.78. The molecule has 0 atom stereocenters. The molecule has 1 aromatic heterocycles. The van der Waals surface area contributed by atoms with Gasteiger partial charge in [-0.05, 0) is 17.2 Å². The van der Waals surface area contributed by atoms with Crippen LogP contribution in [-0.2, 0) is 11.3 Å². The number of aromatic nitrogens is 1. The van der Waals surface area contributed by atoms with E-state index in [1.165, 1.54) is 3.97 Å². The number of benzene rings is 2. The molecule has 0 spiro atoms. The Hall–Kier alpha value is -2.77. The fourth-order valence-electron chi connectivity index (χ4n) is 2.83. The van der Waals surface area contributed by atoms with Crippen molar-refractivity contribution in [1.82, 2.24) is 9.29 Å². The standard InChI is InChI=1S/C18H18N4O2S/c19-9-15(23)21-10-11-6-7-13-14(8-11)22(25)17(18(20)24)16(13)12-4-2-1-3-5-12/h1-8,25H,9-10,19H2,(H2,20,24)(H,21,23). The lowest BCUT2D eigenvalue weighted by atomic mass is 10.0. The molecule has 3 rings (SSSR count). The number of rotatable bonds is 5. The summed E-state index contributed by atoms with van der Waals surface area (Å²) in [5.41, 5.74) is 14.5. The van der Waals surface area contributed by atoms with Crippen LogP contribution in [0.15, 0.2) is 48.5 Å². The number of amides is 2. The van der Waals surface area contributed by atoms with E-state index in [9.17, 15) is 9.59 Å². The molecule has 0 fully saturated rings. The number of nitrogens with two attached hydrogens (primary N) is 2. The molecule has 2 amide bonds. The molecule has 0 radical (unpaired) electrons. The molecule has 1 heterocycles. The second-order valence-electron chi connectivity index (χ2n) is 5.60. The van der Waals surface area contributed by atoms with E-state index in [0.717, 1.165) is 27.6 Å². The van der Waals surface area contributed by atoms with Crippen LogP contribution in [0.25, 0.3) is 22.0 Å². The molecule has 3 aromatic rings. The largest absolute Gasteiger partial charge is 0.364 e. The monoisotopic (exact) mass is 354 g/mol. The third-order valence-electron chi connectivity index (χ3n) is 3.98. The van der Waals surface area contributed by atoms with Crippen molar-refractivity contribution in [3.05, 3.63) is 59.8 Å². The minimum absolute atomic E-state index is 0.0603. The van der Waals surface area contributed by atoms with Crippen molar-refractivity contribution in [2.75, 3.05) is 6.54 Å². The number of hydrogen-bond acceptors (Lipinski definition) is 4. The summed E-state index contributed by atoms with van der Waals surface area (Å²) in [6, 6.07) is 15.2. The van der Waals surface area contributed by atoms with Crippen molar-refractivity contribution >= 4 is 35.5 Å². The maximum atomic E-state index is 12.0. The van der Waals surface area contributed by atoms with Crippen LogP contribution in [0, 0.1) is 0 Å². The fraction of sp³-hybridized carbons (Fsp3) is 0.111. The van der Waals surface area contributed by atoms with Gasteiger partial charge in [0, 0.05) is 17.5 Å². The molecule has 7 heteroatoms.